The van der Waals surface area contributed by atoms with Gasteiger partial charge in [0.15, 0.2) is 6.10 Å². The molecular formula is C16H21NO5. The highest BCUT2D eigenvalue weighted by Gasteiger charge is 2.29. The molecular weight excluding hydrogens is 286 g/mol. The first kappa shape index (κ1) is 16.3. The van der Waals surface area contributed by atoms with Crippen molar-refractivity contribution < 1.29 is 24.2 Å². The maximum absolute atomic E-state index is 12.4. The molecule has 1 N–H and O–H groups in total. The summed E-state index contributed by atoms with van der Waals surface area (Å²) in [5.41, 5.74) is 0.974. The molecule has 6 nitrogen and oxygen atoms in total. The zero-order chi connectivity index (χ0) is 16.1. The van der Waals surface area contributed by atoms with Crippen molar-refractivity contribution in [3.8, 4) is 5.75 Å². The van der Waals surface area contributed by atoms with Gasteiger partial charge in [-0.15, -0.1) is 0 Å². The monoisotopic (exact) mass is 307 g/mol. The Kier molecular flexibility index (Phi) is 5.38. The summed E-state index contributed by atoms with van der Waals surface area (Å²) < 4.78 is 10.5. The van der Waals surface area contributed by atoms with E-state index in [0.717, 1.165) is 11.3 Å². The van der Waals surface area contributed by atoms with E-state index in [4.69, 9.17) is 14.6 Å². The summed E-state index contributed by atoms with van der Waals surface area (Å²) in [5, 5.41) is 8.99. The minimum Gasteiger partial charge on any atom is -0.496 e. The van der Waals surface area contributed by atoms with Crippen LogP contribution in [0.4, 0.5) is 0 Å². The average Bonchev–Trinajstić information content (AvgIpc) is 2.54. The number of carbonyl (C=O) groups is 2. The molecule has 0 aromatic heterocycles. The van der Waals surface area contributed by atoms with Crippen LogP contribution < -0.4 is 4.74 Å². The maximum Gasteiger partial charge on any atom is 0.334 e. The minimum absolute atomic E-state index is 0.00484. The van der Waals surface area contributed by atoms with E-state index in [1.807, 2.05) is 31.2 Å². The van der Waals surface area contributed by atoms with Gasteiger partial charge in [0, 0.05) is 13.0 Å². The van der Waals surface area contributed by atoms with Gasteiger partial charge in [-0.2, -0.15) is 0 Å². The first-order valence-corrected chi connectivity index (χ1v) is 7.28. The van der Waals surface area contributed by atoms with Crippen LogP contribution in [0.1, 0.15) is 24.8 Å². The molecule has 1 saturated heterocycles. The normalized spacial score (nSPS) is 19.5. The molecule has 2 rings (SSSR count). The van der Waals surface area contributed by atoms with Crippen LogP contribution in [0.3, 0.4) is 0 Å². The third-order valence-electron chi connectivity index (χ3n) is 3.85. The Labute approximate surface area is 129 Å². The smallest absolute Gasteiger partial charge is 0.334 e. The third kappa shape index (κ3) is 3.76. The molecule has 1 heterocycles. The number of para-hydroxylation sites is 1. The lowest BCUT2D eigenvalue weighted by atomic mass is 9.96. The van der Waals surface area contributed by atoms with Gasteiger partial charge in [0.25, 0.3) is 0 Å². The highest BCUT2D eigenvalue weighted by molar-refractivity contribution is 5.79. The molecule has 1 aromatic carbocycles. The molecule has 120 valence electrons. The Hall–Kier alpha value is -2.08. The second-order valence-corrected chi connectivity index (χ2v) is 5.38. The van der Waals surface area contributed by atoms with E-state index in [2.05, 4.69) is 0 Å². The fourth-order valence-electron chi connectivity index (χ4n) is 2.60. The van der Waals surface area contributed by atoms with Crippen molar-refractivity contribution >= 4 is 11.9 Å². The molecule has 1 fully saturated rings. The summed E-state index contributed by atoms with van der Waals surface area (Å²) in [6.45, 7) is 2.75. The van der Waals surface area contributed by atoms with Gasteiger partial charge in [0.05, 0.1) is 20.3 Å². The zero-order valence-electron chi connectivity index (χ0n) is 12.8. The number of benzene rings is 1. The molecule has 0 bridgehead atoms. The zero-order valence-corrected chi connectivity index (χ0v) is 12.8. The van der Waals surface area contributed by atoms with E-state index < -0.39 is 12.1 Å². The van der Waals surface area contributed by atoms with Gasteiger partial charge < -0.3 is 19.5 Å². The number of rotatable bonds is 5. The minimum atomic E-state index is -1.03. The number of hydrogen-bond donors (Lipinski definition) is 1. The number of ether oxygens (including phenoxy) is 2. The molecule has 0 spiro atoms. The van der Waals surface area contributed by atoms with Crippen LogP contribution in [0.25, 0.3) is 0 Å². The standard InChI is InChI=1S/C16H21NO5/c1-11(12-5-3-4-6-13(12)21-2)9-15(18)17-7-8-22-14(10-17)16(19)20/h3-6,11,14H,7-10H2,1-2H3,(H,19,20)/t11-,14-/m0/s1. The quantitative estimate of drug-likeness (QED) is 0.892. The topological polar surface area (TPSA) is 76.1 Å². The summed E-state index contributed by atoms with van der Waals surface area (Å²) in [5.74, 6) is -0.341. The number of amides is 1. The van der Waals surface area contributed by atoms with E-state index in [0.29, 0.717) is 13.0 Å². The number of carboxylic acid groups (broad SMARTS) is 1. The van der Waals surface area contributed by atoms with Crippen molar-refractivity contribution in [3.05, 3.63) is 29.8 Å². The number of carboxylic acids is 1. The van der Waals surface area contributed by atoms with E-state index in [1.165, 1.54) is 0 Å². The van der Waals surface area contributed by atoms with Gasteiger partial charge in [-0.05, 0) is 17.5 Å². The SMILES string of the molecule is COc1ccccc1[C@@H](C)CC(=O)N1CCO[C@H](C(=O)O)C1. The van der Waals surface area contributed by atoms with Crippen molar-refractivity contribution in [2.24, 2.45) is 0 Å². The van der Waals surface area contributed by atoms with Crippen LogP contribution in [0.5, 0.6) is 5.75 Å². The van der Waals surface area contributed by atoms with E-state index in [1.54, 1.807) is 12.0 Å². The maximum atomic E-state index is 12.4. The fraction of sp³-hybridized carbons (Fsp3) is 0.500. The fourth-order valence-corrected chi connectivity index (χ4v) is 2.60. The summed E-state index contributed by atoms with van der Waals surface area (Å²) in [6.07, 6.45) is -0.619. The number of carbonyl (C=O) groups excluding carboxylic acids is 1. The van der Waals surface area contributed by atoms with Crippen LogP contribution >= 0.6 is 0 Å². The molecule has 0 unspecified atom stereocenters. The molecule has 6 heteroatoms. The highest BCUT2D eigenvalue weighted by Crippen LogP contribution is 2.29. The number of aliphatic carboxylic acids is 1. The molecule has 22 heavy (non-hydrogen) atoms. The van der Waals surface area contributed by atoms with Crippen LogP contribution in [0.2, 0.25) is 0 Å². The number of morpholine rings is 1. The molecule has 1 aliphatic heterocycles. The number of methoxy groups -OCH3 is 1. The van der Waals surface area contributed by atoms with Crippen LogP contribution in [-0.4, -0.2) is 54.8 Å². The largest absolute Gasteiger partial charge is 0.496 e. The summed E-state index contributed by atoms with van der Waals surface area (Å²) in [7, 11) is 1.60. The first-order valence-electron chi connectivity index (χ1n) is 7.28. The van der Waals surface area contributed by atoms with Crippen molar-refractivity contribution in [2.45, 2.75) is 25.4 Å². The molecule has 0 saturated carbocycles. The Morgan fingerprint density at radius 3 is 2.86 bits per heavy atom. The van der Waals surface area contributed by atoms with E-state index >= 15 is 0 Å². The Morgan fingerprint density at radius 2 is 2.18 bits per heavy atom. The van der Waals surface area contributed by atoms with Gasteiger partial charge in [0.2, 0.25) is 5.91 Å². The predicted molar refractivity (Wildman–Crippen MR) is 80.0 cm³/mol. The van der Waals surface area contributed by atoms with Crippen molar-refractivity contribution in [3.63, 3.8) is 0 Å². The molecule has 1 amide bonds. The molecule has 0 aliphatic carbocycles. The summed E-state index contributed by atoms with van der Waals surface area (Å²) in [6, 6.07) is 7.60. The Balaban J connectivity index is 2.00. The molecule has 1 aromatic rings. The van der Waals surface area contributed by atoms with Crippen molar-refractivity contribution in [1.82, 2.24) is 4.90 Å². The molecule has 2 atom stereocenters. The van der Waals surface area contributed by atoms with Crippen molar-refractivity contribution in [2.75, 3.05) is 26.8 Å². The summed E-state index contributed by atoms with van der Waals surface area (Å²) >= 11 is 0. The van der Waals surface area contributed by atoms with Crippen LogP contribution in [0, 0.1) is 0 Å². The molecule has 0 radical (unpaired) electrons. The lowest BCUT2D eigenvalue weighted by Crippen LogP contribution is -2.48. The van der Waals surface area contributed by atoms with Crippen LogP contribution in [-0.2, 0) is 14.3 Å². The lowest BCUT2D eigenvalue weighted by Gasteiger charge is -2.31. The first-order chi connectivity index (χ1) is 10.5. The number of hydrogen-bond acceptors (Lipinski definition) is 4. The highest BCUT2D eigenvalue weighted by atomic mass is 16.5. The lowest BCUT2D eigenvalue weighted by molar-refractivity contribution is -0.159. The van der Waals surface area contributed by atoms with E-state index in [-0.39, 0.29) is 25.0 Å². The van der Waals surface area contributed by atoms with E-state index in [9.17, 15) is 9.59 Å². The van der Waals surface area contributed by atoms with Gasteiger partial charge in [-0.1, -0.05) is 25.1 Å². The number of nitrogens with zero attached hydrogens (tertiary/aromatic N) is 1. The molecule has 1 aliphatic rings. The Morgan fingerprint density at radius 1 is 1.45 bits per heavy atom. The van der Waals surface area contributed by atoms with Gasteiger partial charge in [0.1, 0.15) is 5.75 Å². The second-order valence-electron chi connectivity index (χ2n) is 5.38. The Bertz CT molecular complexity index is 545. The average molecular weight is 307 g/mol. The van der Waals surface area contributed by atoms with Gasteiger partial charge >= 0.3 is 5.97 Å². The van der Waals surface area contributed by atoms with Gasteiger partial charge in [-0.3, -0.25) is 4.79 Å². The van der Waals surface area contributed by atoms with Gasteiger partial charge in [-0.25, -0.2) is 4.79 Å². The second kappa shape index (κ2) is 7.26. The third-order valence-corrected chi connectivity index (χ3v) is 3.85. The summed E-state index contributed by atoms with van der Waals surface area (Å²) in [4.78, 5) is 24.9. The van der Waals surface area contributed by atoms with Crippen LogP contribution in [0.15, 0.2) is 24.3 Å². The predicted octanol–water partition coefficient (Wildman–Crippen LogP) is 1.50. The van der Waals surface area contributed by atoms with Crippen molar-refractivity contribution in [1.29, 1.82) is 0 Å².